The van der Waals surface area contributed by atoms with Crippen molar-refractivity contribution in [3.8, 4) is 0 Å². The molecule has 0 spiro atoms. The summed E-state index contributed by atoms with van der Waals surface area (Å²) in [5, 5.41) is 3.18. The summed E-state index contributed by atoms with van der Waals surface area (Å²) >= 11 is 1.73. The topological polar surface area (TPSA) is 37.8 Å². The van der Waals surface area contributed by atoms with Crippen molar-refractivity contribution >= 4 is 23.4 Å². The maximum absolute atomic E-state index is 4.26. The number of hydrogen-bond acceptors (Lipinski definition) is 4. The third kappa shape index (κ3) is 3.20. The standard InChI is InChI=1S/C13H15N3S/c1-3-10-8-14-13(15-9-10)16-11-4-6-12(17-2)7-5-11/h4-9H,3H2,1-2H3,(H,14,15,16). The second-order valence-corrected chi connectivity index (χ2v) is 4.50. The van der Waals surface area contributed by atoms with Crippen molar-refractivity contribution in [3.63, 3.8) is 0 Å². The number of rotatable bonds is 4. The second-order valence-electron chi connectivity index (χ2n) is 3.62. The minimum Gasteiger partial charge on any atom is -0.324 e. The average molecular weight is 245 g/mol. The SMILES string of the molecule is CCc1cnc(Nc2ccc(SC)cc2)nc1. The highest BCUT2D eigenvalue weighted by Crippen LogP contribution is 2.19. The van der Waals surface area contributed by atoms with Gasteiger partial charge >= 0.3 is 0 Å². The van der Waals surface area contributed by atoms with Gasteiger partial charge in [-0.05, 0) is 42.5 Å². The third-order valence-corrected chi connectivity index (χ3v) is 3.20. The zero-order valence-electron chi connectivity index (χ0n) is 9.97. The molecule has 0 aliphatic carbocycles. The fourth-order valence-corrected chi connectivity index (χ4v) is 1.81. The largest absolute Gasteiger partial charge is 0.324 e. The maximum Gasteiger partial charge on any atom is 0.227 e. The van der Waals surface area contributed by atoms with E-state index in [-0.39, 0.29) is 0 Å². The highest BCUT2D eigenvalue weighted by atomic mass is 32.2. The van der Waals surface area contributed by atoms with Crippen LogP contribution in [-0.4, -0.2) is 16.2 Å². The molecule has 0 atom stereocenters. The first kappa shape index (κ1) is 11.9. The van der Waals surface area contributed by atoms with Gasteiger partial charge in [-0.2, -0.15) is 0 Å². The van der Waals surface area contributed by atoms with Crippen molar-refractivity contribution in [2.45, 2.75) is 18.2 Å². The molecule has 0 amide bonds. The first-order valence-corrected chi connectivity index (χ1v) is 6.76. The van der Waals surface area contributed by atoms with Gasteiger partial charge in [-0.1, -0.05) is 6.92 Å². The first-order valence-electron chi connectivity index (χ1n) is 5.54. The van der Waals surface area contributed by atoms with Crippen molar-refractivity contribution < 1.29 is 0 Å². The normalized spacial score (nSPS) is 10.2. The van der Waals surface area contributed by atoms with Gasteiger partial charge < -0.3 is 5.32 Å². The molecule has 0 aliphatic rings. The van der Waals surface area contributed by atoms with Crippen LogP contribution in [-0.2, 0) is 6.42 Å². The molecule has 0 bridgehead atoms. The fourth-order valence-electron chi connectivity index (χ4n) is 1.41. The third-order valence-electron chi connectivity index (χ3n) is 2.46. The molecule has 0 radical (unpaired) electrons. The average Bonchev–Trinajstić information content (AvgIpc) is 2.40. The van der Waals surface area contributed by atoms with E-state index in [9.17, 15) is 0 Å². The molecule has 1 heterocycles. The minimum absolute atomic E-state index is 0.638. The predicted molar refractivity (Wildman–Crippen MR) is 72.9 cm³/mol. The van der Waals surface area contributed by atoms with Crippen LogP contribution < -0.4 is 5.32 Å². The van der Waals surface area contributed by atoms with Gasteiger partial charge in [-0.25, -0.2) is 9.97 Å². The van der Waals surface area contributed by atoms with E-state index in [0.717, 1.165) is 17.7 Å². The molecule has 1 N–H and O–H groups in total. The summed E-state index contributed by atoms with van der Waals surface area (Å²) in [7, 11) is 0. The summed E-state index contributed by atoms with van der Waals surface area (Å²) in [6, 6.07) is 8.21. The Morgan fingerprint density at radius 1 is 1.12 bits per heavy atom. The van der Waals surface area contributed by atoms with E-state index < -0.39 is 0 Å². The van der Waals surface area contributed by atoms with Gasteiger partial charge in [0.15, 0.2) is 0 Å². The van der Waals surface area contributed by atoms with Crippen molar-refractivity contribution in [3.05, 3.63) is 42.2 Å². The summed E-state index contributed by atoms with van der Waals surface area (Å²) in [4.78, 5) is 9.77. The lowest BCUT2D eigenvalue weighted by atomic mass is 10.3. The Balaban J connectivity index is 2.08. The molecular formula is C13H15N3S. The molecular weight excluding hydrogens is 230 g/mol. The van der Waals surface area contributed by atoms with E-state index in [4.69, 9.17) is 0 Å². The Bertz CT molecular complexity index is 420. The Morgan fingerprint density at radius 2 is 1.76 bits per heavy atom. The minimum atomic E-state index is 0.638. The molecule has 0 fully saturated rings. The lowest BCUT2D eigenvalue weighted by Crippen LogP contribution is -1.97. The number of nitrogens with zero attached hydrogens (tertiary/aromatic N) is 2. The summed E-state index contributed by atoms with van der Waals surface area (Å²) in [5.74, 6) is 0.638. The van der Waals surface area contributed by atoms with E-state index >= 15 is 0 Å². The van der Waals surface area contributed by atoms with Crippen LogP contribution in [0.25, 0.3) is 0 Å². The van der Waals surface area contributed by atoms with Crippen LogP contribution in [0.3, 0.4) is 0 Å². The Labute approximate surface area is 106 Å². The van der Waals surface area contributed by atoms with Crippen LogP contribution in [0.1, 0.15) is 12.5 Å². The molecule has 1 aromatic heterocycles. The van der Waals surface area contributed by atoms with Crippen molar-refractivity contribution in [2.24, 2.45) is 0 Å². The fraction of sp³-hybridized carbons (Fsp3) is 0.231. The maximum atomic E-state index is 4.26. The van der Waals surface area contributed by atoms with Gasteiger partial charge in [0.2, 0.25) is 5.95 Å². The molecule has 0 aliphatic heterocycles. The number of aromatic nitrogens is 2. The molecule has 88 valence electrons. The molecule has 2 rings (SSSR count). The molecule has 1 aromatic carbocycles. The number of anilines is 2. The van der Waals surface area contributed by atoms with Gasteiger partial charge in [-0.15, -0.1) is 11.8 Å². The highest BCUT2D eigenvalue weighted by molar-refractivity contribution is 7.98. The quantitative estimate of drug-likeness (QED) is 0.837. The summed E-state index contributed by atoms with van der Waals surface area (Å²) in [6.45, 7) is 2.09. The van der Waals surface area contributed by atoms with Gasteiger partial charge in [-0.3, -0.25) is 0 Å². The van der Waals surface area contributed by atoms with E-state index in [0.29, 0.717) is 5.95 Å². The molecule has 17 heavy (non-hydrogen) atoms. The first-order chi connectivity index (χ1) is 8.31. The van der Waals surface area contributed by atoms with E-state index in [1.54, 1.807) is 11.8 Å². The van der Waals surface area contributed by atoms with Gasteiger partial charge in [0.05, 0.1) is 0 Å². The molecule has 0 unspecified atom stereocenters. The monoisotopic (exact) mass is 245 g/mol. The molecule has 0 saturated carbocycles. The summed E-state index contributed by atoms with van der Waals surface area (Å²) in [5.41, 5.74) is 2.15. The number of thioether (sulfide) groups is 1. The zero-order chi connectivity index (χ0) is 12.1. The number of benzene rings is 1. The van der Waals surface area contributed by atoms with E-state index in [2.05, 4.69) is 40.6 Å². The summed E-state index contributed by atoms with van der Waals surface area (Å²) in [6.07, 6.45) is 6.73. The molecule has 2 aromatic rings. The van der Waals surface area contributed by atoms with Crippen LogP contribution in [0, 0.1) is 0 Å². The van der Waals surface area contributed by atoms with Crippen molar-refractivity contribution in [1.82, 2.24) is 9.97 Å². The van der Waals surface area contributed by atoms with Crippen LogP contribution in [0.15, 0.2) is 41.6 Å². The molecule has 3 nitrogen and oxygen atoms in total. The number of aryl methyl sites for hydroxylation is 1. The predicted octanol–water partition coefficient (Wildman–Crippen LogP) is 3.50. The Hall–Kier alpha value is -1.55. The highest BCUT2D eigenvalue weighted by Gasteiger charge is 1.98. The lowest BCUT2D eigenvalue weighted by Gasteiger charge is -2.05. The zero-order valence-corrected chi connectivity index (χ0v) is 10.8. The Morgan fingerprint density at radius 3 is 2.29 bits per heavy atom. The summed E-state index contributed by atoms with van der Waals surface area (Å²) < 4.78 is 0. The van der Waals surface area contributed by atoms with Gasteiger partial charge in [0, 0.05) is 23.0 Å². The molecule has 4 heteroatoms. The van der Waals surface area contributed by atoms with Crippen LogP contribution in [0.5, 0.6) is 0 Å². The van der Waals surface area contributed by atoms with Crippen LogP contribution in [0.4, 0.5) is 11.6 Å². The van der Waals surface area contributed by atoms with E-state index in [1.165, 1.54) is 4.90 Å². The smallest absolute Gasteiger partial charge is 0.227 e. The van der Waals surface area contributed by atoms with Crippen molar-refractivity contribution in [1.29, 1.82) is 0 Å². The van der Waals surface area contributed by atoms with Crippen LogP contribution in [0.2, 0.25) is 0 Å². The Kier molecular flexibility index (Phi) is 3.98. The van der Waals surface area contributed by atoms with Crippen LogP contribution >= 0.6 is 11.8 Å². The van der Waals surface area contributed by atoms with Gasteiger partial charge in [0.25, 0.3) is 0 Å². The number of nitrogens with one attached hydrogen (secondary N) is 1. The lowest BCUT2D eigenvalue weighted by molar-refractivity contribution is 1.05. The number of hydrogen-bond donors (Lipinski definition) is 1. The van der Waals surface area contributed by atoms with Gasteiger partial charge in [0.1, 0.15) is 0 Å². The molecule has 0 saturated heterocycles. The van der Waals surface area contributed by atoms with E-state index in [1.807, 2.05) is 24.5 Å². The van der Waals surface area contributed by atoms with Crippen molar-refractivity contribution in [2.75, 3.05) is 11.6 Å². The second kappa shape index (κ2) is 5.68.